The molecule has 5 rings (SSSR count). The van der Waals surface area contributed by atoms with Crippen LogP contribution in [-0.4, -0.2) is 53.9 Å². The van der Waals surface area contributed by atoms with E-state index in [-0.39, 0.29) is 36.9 Å². The van der Waals surface area contributed by atoms with E-state index >= 15 is 0 Å². The van der Waals surface area contributed by atoms with Gasteiger partial charge in [0.1, 0.15) is 18.9 Å². The molecule has 2 aromatic rings. The summed E-state index contributed by atoms with van der Waals surface area (Å²) in [5, 5.41) is 16.9. The molecule has 4 atom stereocenters. The van der Waals surface area contributed by atoms with Crippen molar-refractivity contribution in [2.24, 2.45) is 0 Å². The number of anilines is 1. The molecule has 3 aliphatic rings. The van der Waals surface area contributed by atoms with Crippen LogP contribution in [0.4, 0.5) is 5.69 Å². The average Bonchev–Trinajstić information content (AvgIpc) is 3.36. The number of hydrogen-bond acceptors (Lipinski definition) is 6. The van der Waals surface area contributed by atoms with Crippen LogP contribution in [0, 0.1) is 0 Å². The van der Waals surface area contributed by atoms with Gasteiger partial charge in [0.05, 0.1) is 24.2 Å². The summed E-state index contributed by atoms with van der Waals surface area (Å²) in [4.78, 5) is 39.4. The molecule has 0 spiro atoms. The van der Waals surface area contributed by atoms with Crippen LogP contribution in [0.2, 0.25) is 0 Å². The van der Waals surface area contributed by atoms with Gasteiger partial charge in [0.25, 0.3) is 5.91 Å². The lowest BCUT2D eigenvalue weighted by Gasteiger charge is -2.32. The first-order valence-corrected chi connectivity index (χ1v) is 10.9. The van der Waals surface area contributed by atoms with Gasteiger partial charge in [0.2, 0.25) is 5.91 Å². The maximum absolute atomic E-state index is 13.6. The fourth-order valence-electron chi connectivity index (χ4n) is 4.86. The quantitative estimate of drug-likeness (QED) is 0.476. The highest BCUT2D eigenvalue weighted by Crippen LogP contribution is 2.39. The highest BCUT2D eigenvalue weighted by atomic mass is 16.5. The third-order valence-electron chi connectivity index (χ3n) is 6.41. The minimum absolute atomic E-state index is 0.186. The van der Waals surface area contributed by atoms with Crippen LogP contribution in [0.15, 0.2) is 48.5 Å². The Morgan fingerprint density at radius 1 is 1.06 bits per heavy atom. The summed E-state index contributed by atoms with van der Waals surface area (Å²) in [6.07, 6.45) is 0.760. The summed E-state index contributed by atoms with van der Waals surface area (Å²) in [5.41, 5.74) is 3.35. The number of nitrogens with one attached hydrogen (secondary N) is 2. The van der Waals surface area contributed by atoms with Crippen LogP contribution >= 0.6 is 0 Å². The van der Waals surface area contributed by atoms with E-state index in [1.54, 1.807) is 29.2 Å². The third kappa shape index (κ3) is 3.76. The van der Waals surface area contributed by atoms with E-state index in [0.717, 1.165) is 16.8 Å². The zero-order chi connectivity index (χ0) is 22.2. The van der Waals surface area contributed by atoms with Gasteiger partial charge in [0, 0.05) is 5.56 Å². The van der Waals surface area contributed by atoms with E-state index in [2.05, 4.69) is 10.6 Å². The number of cyclic esters (lactones) is 1. The Kier molecular flexibility index (Phi) is 5.40. The van der Waals surface area contributed by atoms with Crippen LogP contribution in [0.5, 0.6) is 0 Å². The molecule has 3 N–H and O–H groups in total. The van der Waals surface area contributed by atoms with Gasteiger partial charge < -0.3 is 20.1 Å². The fourth-order valence-corrected chi connectivity index (χ4v) is 4.86. The van der Waals surface area contributed by atoms with Gasteiger partial charge in [-0.1, -0.05) is 36.4 Å². The normalized spacial score (nSPS) is 25.2. The number of benzene rings is 2. The number of ether oxygens (including phenoxy) is 1. The van der Waals surface area contributed by atoms with Gasteiger partial charge in [-0.05, 0) is 42.5 Å². The zero-order valence-electron chi connectivity index (χ0n) is 17.5. The number of carbonyl (C=O) groups is 3. The number of carbonyl (C=O) groups excluding carboxylic acids is 3. The van der Waals surface area contributed by atoms with E-state index < -0.39 is 18.3 Å². The highest BCUT2D eigenvalue weighted by molar-refractivity contribution is 6.04. The van der Waals surface area contributed by atoms with Crippen molar-refractivity contribution in [2.45, 2.75) is 50.0 Å². The van der Waals surface area contributed by atoms with Gasteiger partial charge in [0.15, 0.2) is 0 Å². The van der Waals surface area contributed by atoms with E-state index in [0.29, 0.717) is 24.8 Å². The van der Waals surface area contributed by atoms with Crippen molar-refractivity contribution in [2.75, 3.05) is 11.5 Å². The Hall–Kier alpha value is -3.23. The summed E-state index contributed by atoms with van der Waals surface area (Å²) in [5.74, 6) is -0.838. The fraction of sp³-hybridized carbons (Fsp3) is 0.375. The van der Waals surface area contributed by atoms with Gasteiger partial charge in [-0.15, -0.1) is 0 Å². The van der Waals surface area contributed by atoms with Gasteiger partial charge in [-0.25, -0.2) is 0 Å². The lowest BCUT2D eigenvalue weighted by Crippen LogP contribution is -2.57. The largest absolute Gasteiger partial charge is 0.464 e. The second kappa shape index (κ2) is 8.37. The highest BCUT2D eigenvalue weighted by Gasteiger charge is 2.44. The number of para-hydroxylation sites is 1. The van der Waals surface area contributed by atoms with Crippen molar-refractivity contribution in [1.29, 1.82) is 0 Å². The molecule has 8 heteroatoms. The van der Waals surface area contributed by atoms with Gasteiger partial charge >= 0.3 is 5.97 Å². The zero-order valence-corrected chi connectivity index (χ0v) is 17.5. The Labute approximate surface area is 185 Å². The lowest BCUT2D eigenvalue weighted by atomic mass is 10.0. The molecule has 8 nitrogen and oxygen atoms in total. The summed E-state index contributed by atoms with van der Waals surface area (Å²) in [6.45, 7) is 0.199. The number of aliphatic hydroxyl groups is 1. The van der Waals surface area contributed by atoms with E-state index in [1.807, 2.05) is 24.3 Å². The number of nitrogens with zero attached hydrogens (tertiary/aromatic N) is 1. The lowest BCUT2D eigenvalue weighted by molar-refractivity contribution is -0.138. The van der Waals surface area contributed by atoms with E-state index in [9.17, 15) is 19.5 Å². The average molecular weight is 435 g/mol. The molecule has 0 aliphatic carbocycles. The monoisotopic (exact) mass is 435 g/mol. The molecule has 0 bridgehead atoms. The van der Waals surface area contributed by atoms with Crippen LogP contribution in [-0.2, 0) is 27.2 Å². The Morgan fingerprint density at radius 2 is 1.84 bits per heavy atom. The van der Waals surface area contributed by atoms with Crippen molar-refractivity contribution in [3.63, 3.8) is 0 Å². The number of rotatable bonds is 5. The molecule has 2 aromatic carbocycles. The van der Waals surface area contributed by atoms with Crippen LogP contribution in [0.1, 0.15) is 34.3 Å². The molecule has 3 aliphatic heterocycles. The van der Waals surface area contributed by atoms with Crippen molar-refractivity contribution in [1.82, 2.24) is 10.6 Å². The Bertz CT molecular complexity index is 1060. The Morgan fingerprint density at radius 3 is 2.59 bits per heavy atom. The summed E-state index contributed by atoms with van der Waals surface area (Å²) < 4.78 is 4.98. The molecular formula is C24H25N3O5. The first kappa shape index (κ1) is 20.7. The maximum Gasteiger partial charge on any atom is 0.307 e. The minimum Gasteiger partial charge on any atom is -0.464 e. The Balaban J connectivity index is 1.40. The summed E-state index contributed by atoms with van der Waals surface area (Å²) in [7, 11) is 0. The third-order valence-corrected chi connectivity index (χ3v) is 6.41. The van der Waals surface area contributed by atoms with Crippen molar-refractivity contribution < 1.29 is 24.2 Å². The number of esters is 1. The van der Waals surface area contributed by atoms with Crippen molar-refractivity contribution in [3.05, 3.63) is 65.2 Å². The second-order valence-electron chi connectivity index (χ2n) is 8.53. The van der Waals surface area contributed by atoms with Crippen LogP contribution < -0.4 is 15.5 Å². The molecular weight excluding hydrogens is 410 g/mol. The topological polar surface area (TPSA) is 108 Å². The molecule has 3 heterocycles. The molecule has 0 aromatic heterocycles. The van der Waals surface area contributed by atoms with E-state index in [4.69, 9.17) is 4.74 Å². The smallest absolute Gasteiger partial charge is 0.307 e. The molecule has 0 saturated carbocycles. The first-order valence-electron chi connectivity index (χ1n) is 10.9. The summed E-state index contributed by atoms with van der Waals surface area (Å²) in [6, 6.07) is 13.2. The van der Waals surface area contributed by atoms with Crippen molar-refractivity contribution in [3.8, 4) is 0 Å². The SMILES string of the molecule is O=C1C[C@H](NC(O)[C@@H]2Cc3cccc4c3N2C(=O)[C@@H](NC(=O)c2ccccc2)CC4)CO1. The number of amides is 2. The number of aryl methyl sites for hydroxylation is 1. The van der Waals surface area contributed by atoms with Crippen LogP contribution in [0.25, 0.3) is 0 Å². The van der Waals surface area contributed by atoms with Gasteiger partial charge in [-0.3, -0.25) is 19.7 Å². The minimum atomic E-state index is -1.04. The predicted molar refractivity (Wildman–Crippen MR) is 116 cm³/mol. The van der Waals surface area contributed by atoms with E-state index in [1.165, 1.54) is 0 Å². The molecule has 1 fully saturated rings. The predicted octanol–water partition coefficient (Wildman–Crippen LogP) is 0.913. The number of aliphatic hydroxyl groups excluding tert-OH is 1. The van der Waals surface area contributed by atoms with Crippen LogP contribution in [0.3, 0.4) is 0 Å². The molecule has 166 valence electrons. The number of hydrogen-bond donors (Lipinski definition) is 3. The first-order chi connectivity index (χ1) is 15.5. The molecule has 0 radical (unpaired) electrons. The van der Waals surface area contributed by atoms with Crippen molar-refractivity contribution >= 4 is 23.5 Å². The molecule has 1 saturated heterocycles. The summed E-state index contributed by atoms with van der Waals surface area (Å²) >= 11 is 0. The molecule has 32 heavy (non-hydrogen) atoms. The van der Waals surface area contributed by atoms with Gasteiger partial charge in [-0.2, -0.15) is 0 Å². The maximum atomic E-state index is 13.6. The molecule has 1 unspecified atom stereocenters. The standard InChI is InChI=1S/C24H25N3O5/c28-20-12-17(13-32-20)25-23(30)19-11-16-8-4-7-14-9-10-18(24(31)27(19)21(14)16)26-22(29)15-5-2-1-3-6-15/h1-8,17-19,23,25,30H,9-13H2,(H,26,29)/t17-,18-,19-,23?/m0/s1. The second-order valence-corrected chi connectivity index (χ2v) is 8.53. The molecule has 2 amide bonds.